The van der Waals surface area contributed by atoms with E-state index in [1.54, 1.807) is 4.90 Å². The van der Waals surface area contributed by atoms with E-state index in [4.69, 9.17) is 4.74 Å². The summed E-state index contributed by atoms with van der Waals surface area (Å²) in [6, 6.07) is 0.474. The van der Waals surface area contributed by atoms with Gasteiger partial charge in [0.05, 0.1) is 6.61 Å². The molecule has 0 N–H and O–H groups in total. The second-order valence-electron chi connectivity index (χ2n) is 7.96. The van der Waals surface area contributed by atoms with Gasteiger partial charge in [-0.1, -0.05) is 0 Å². The molecule has 0 aromatic heterocycles. The minimum Gasteiger partial charge on any atom is -0.380 e. The summed E-state index contributed by atoms with van der Waals surface area (Å²) in [5, 5.41) is 0. The highest BCUT2D eigenvalue weighted by Gasteiger charge is 2.46. The maximum absolute atomic E-state index is 12.1. The number of nitrogens with zero attached hydrogens (tertiary/aromatic N) is 2. The highest BCUT2D eigenvalue weighted by Crippen LogP contribution is 2.40. The number of hydrogen-bond acceptors (Lipinski definition) is 5. The Kier molecular flexibility index (Phi) is 5.23. The molecule has 1 aliphatic carbocycles. The summed E-state index contributed by atoms with van der Waals surface area (Å²) in [6.45, 7) is 3.04. The van der Waals surface area contributed by atoms with Crippen LogP contribution < -0.4 is 0 Å². The monoisotopic (exact) mass is 358 g/mol. The highest BCUT2D eigenvalue weighted by molar-refractivity contribution is 7.91. The second-order valence-corrected chi connectivity index (χ2v) is 10.1. The Hall–Kier alpha value is -0.660. The first-order valence-corrected chi connectivity index (χ1v) is 11.1. The molecule has 1 saturated carbocycles. The number of likely N-dealkylation sites (tertiary alicyclic amines) is 2. The lowest BCUT2D eigenvalue weighted by atomic mass is 9.85. The van der Waals surface area contributed by atoms with Gasteiger partial charge in [0, 0.05) is 37.5 Å². The molecule has 7 heteroatoms. The summed E-state index contributed by atoms with van der Waals surface area (Å²) in [5.74, 6) is 0.181. The van der Waals surface area contributed by atoms with Crippen LogP contribution in [-0.4, -0.2) is 81.1 Å². The number of ether oxygens (including phenoxy) is 1. The first kappa shape index (κ1) is 18.1. The molecule has 3 rings (SSSR count). The number of rotatable bonds is 6. The maximum atomic E-state index is 12.1. The van der Waals surface area contributed by atoms with Crippen LogP contribution in [0.4, 0.5) is 0 Å². The van der Waals surface area contributed by atoms with Crippen LogP contribution in [0.15, 0.2) is 0 Å². The average molecular weight is 359 g/mol. The van der Waals surface area contributed by atoms with Crippen molar-refractivity contribution in [3.8, 4) is 0 Å². The molecule has 0 aromatic rings. The van der Waals surface area contributed by atoms with Gasteiger partial charge in [-0.25, -0.2) is 8.42 Å². The molecule has 1 unspecified atom stereocenters. The molecule has 138 valence electrons. The molecule has 24 heavy (non-hydrogen) atoms. The molecule has 1 amide bonds. The fourth-order valence-electron chi connectivity index (χ4n) is 4.13. The first-order chi connectivity index (χ1) is 11.3. The van der Waals surface area contributed by atoms with E-state index < -0.39 is 9.84 Å². The van der Waals surface area contributed by atoms with Crippen molar-refractivity contribution < 1.29 is 17.9 Å². The summed E-state index contributed by atoms with van der Waals surface area (Å²) in [7, 11) is -1.06. The predicted molar refractivity (Wildman–Crippen MR) is 92.6 cm³/mol. The minimum absolute atomic E-state index is 0.162. The van der Waals surface area contributed by atoms with Crippen LogP contribution >= 0.6 is 0 Å². The van der Waals surface area contributed by atoms with Crippen LogP contribution in [0.25, 0.3) is 0 Å². The van der Waals surface area contributed by atoms with Crippen molar-refractivity contribution in [2.45, 2.75) is 50.1 Å². The SMILES string of the molecule is CN1C(COCC2CC2)CCC12CCN(C(=O)CS(C)(=O)=O)CC2. The summed E-state index contributed by atoms with van der Waals surface area (Å²) in [5.41, 5.74) is 0.162. The molecule has 1 atom stereocenters. The van der Waals surface area contributed by atoms with E-state index in [9.17, 15) is 13.2 Å². The van der Waals surface area contributed by atoms with E-state index in [1.165, 1.54) is 12.8 Å². The largest absolute Gasteiger partial charge is 0.380 e. The molecule has 0 radical (unpaired) electrons. The molecular formula is C17H30N2O4S. The van der Waals surface area contributed by atoms with Crippen LogP contribution in [0, 0.1) is 5.92 Å². The van der Waals surface area contributed by atoms with E-state index in [-0.39, 0.29) is 17.2 Å². The average Bonchev–Trinajstić information content (AvgIpc) is 3.28. The number of amides is 1. The Morgan fingerprint density at radius 3 is 2.38 bits per heavy atom. The fourth-order valence-corrected chi connectivity index (χ4v) is 4.76. The third kappa shape index (κ3) is 4.29. The van der Waals surface area contributed by atoms with Gasteiger partial charge in [0.1, 0.15) is 5.75 Å². The number of piperidine rings is 1. The molecule has 2 aliphatic heterocycles. The van der Waals surface area contributed by atoms with Gasteiger partial charge in [-0.3, -0.25) is 9.69 Å². The molecule has 0 bridgehead atoms. The van der Waals surface area contributed by atoms with Crippen LogP contribution in [-0.2, 0) is 19.4 Å². The molecule has 3 fully saturated rings. The van der Waals surface area contributed by atoms with Crippen molar-refractivity contribution in [3.63, 3.8) is 0 Å². The van der Waals surface area contributed by atoms with Gasteiger partial charge < -0.3 is 9.64 Å². The van der Waals surface area contributed by atoms with E-state index in [0.717, 1.165) is 51.1 Å². The lowest BCUT2D eigenvalue weighted by molar-refractivity contribution is -0.131. The maximum Gasteiger partial charge on any atom is 0.237 e. The van der Waals surface area contributed by atoms with Crippen molar-refractivity contribution in [1.29, 1.82) is 0 Å². The van der Waals surface area contributed by atoms with E-state index in [2.05, 4.69) is 11.9 Å². The van der Waals surface area contributed by atoms with Crippen LogP contribution in [0.2, 0.25) is 0 Å². The molecular weight excluding hydrogens is 328 g/mol. The predicted octanol–water partition coefficient (Wildman–Crippen LogP) is 0.913. The van der Waals surface area contributed by atoms with Crippen molar-refractivity contribution in [3.05, 3.63) is 0 Å². The Morgan fingerprint density at radius 2 is 1.79 bits per heavy atom. The number of carbonyl (C=O) groups excluding carboxylic acids is 1. The Balaban J connectivity index is 1.48. The van der Waals surface area contributed by atoms with E-state index in [1.807, 2.05) is 0 Å². The Labute approximate surface area is 145 Å². The standard InChI is InChI=1S/C17H30N2O4S/c1-18-15(12-23-11-14-3-4-14)5-6-17(18)7-9-19(10-8-17)16(20)13-24(2,21)22/h14-15H,3-13H2,1-2H3. The third-order valence-corrected chi connectivity index (χ3v) is 6.80. The number of carbonyl (C=O) groups is 1. The summed E-state index contributed by atoms with van der Waals surface area (Å²) >= 11 is 0. The third-order valence-electron chi connectivity index (χ3n) is 6.03. The highest BCUT2D eigenvalue weighted by atomic mass is 32.2. The van der Waals surface area contributed by atoms with Crippen molar-refractivity contribution in [2.24, 2.45) is 5.92 Å². The van der Waals surface area contributed by atoms with Gasteiger partial charge in [0.15, 0.2) is 9.84 Å². The topological polar surface area (TPSA) is 66.9 Å². The van der Waals surface area contributed by atoms with Crippen molar-refractivity contribution >= 4 is 15.7 Å². The van der Waals surface area contributed by atoms with Crippen molar-refractivity contribution in [2.75, 3.05) is 45.4 Å². The molecule has 0 aromatic carbocycles. The quantitative estimate of drug-likeness (QED) is 0.706. The van der Waals surface area contributed by atoms with Crippen LogP contribution in [0.1, 0.15) is 38.5 Å². The van der Waals surface area contributed by atoms with Crippen LogP contribution in [0.3, 0.4) is 0 Å². The number of hydrogen-bond donors (Lipinski definition) is 0. The van der Waals surface area contributed by atoms with Gasteiger partial charge in [0.25, 0.3) is 0 Å². The molecule has 2 heterocycles. The molecule has 3 aliphatic rings. The summed E-state index contributed by atoms with van der Waals surface area (Å²) < 4.78 is 28.5. The van der Waals surface area contributed by atoms with Gasteiger partial charge in [-0.05, 0) is 51.5 Å². The van der Waals surface area contributed by atoms with Gasteiger partial charge in [0.2, 0.25) is 5.91 Å². The smallest absolute Gasteiger partial charge is 0.237 e. The second kappa shape index (κ2) is 6.92. The van der Waals surface area contributed by atoms with E-state index in [0.29, 0.717) is 19.1 Å². The van der Waals surface area contributed by atoms with Crippen LogP contribution in [0.5, 0.6) is 0 Å². The van der Waals surface area contributed by atoms with Crippen molar-refractivity contribution in [1.82, 2.24) is 9.80 Å². The van der Waals surface area contributed by atoms with Gasteiger partial charge >= 0.3 is 0 Å². The fraction of sp³-hybridized carbons (Fsp3) is 0.941. The normalized spacial score (nSPS) is 27.8. The Bertz CT molecular complexity index is 565. The van der Waals surface area contributed by atoms with Gasteiger partial charge in [-0.15, -0.1) is 0 Å². The number of likely N-dealkylation sites (N-methyl/N-ethyl adjacent to an activating group) is 1. The zero-order chi connectivity index (χ0) is 17.4. The first-order valence-electron chi connectivity index (χ1n) is 9.05. The Morgan fingerprint density at radius 1 is 1.12 bits per heavy atom. The minimum atomic E-state index is -3.25. The molecule has 1 spiro atoms. The van der Waals surface area contributed by atoms with Gasteiger partial charge in [-0.2, -0.15) is 0 Å². The lowest BCUT2D eigenvalue weighted by Crippen LogP contribution is -2.54. The molecule has 6 nitrogen and oxygen atoms in total. The zero-order valence-electron chi connectivity index (χ0n) is 14.9. The summed E-state index contributed by atoms with van der Waals surface area (Å²) in [6.07, 6.45) is 7.92. The summed E-state index contributed by atoms with van der Waals surface area (Å²) in [4.78, 5) is 16.3. The zero-order valence-corrected chi connectivity index (χ0v) is 15.7. The molecule has 2 saturated heterocycles. The van der Waals surface area contributed by atoms with E-state index >= 15 is 0 Å². The lowest BCUT2D eigenvalue weighted by Gasteiger charge is -2.45. The number of sulfone groups is 1.